The van der Waals surface area contributed by atoms with Crippen LogP contribution < -0.4 is 0 Å². The van der Waals surface area contributed by atoms with E-state index in [-0.39, 0.29) is 17.6 Å². The van der Waals surface area contributed by atoms with Gasteiger partial charge in [0, 0.05) is 22.5 Å². The first-order valence-electron chi connectivity index (χ1n) is 9.03. The highest BCUT2D eigenvalue weighted by Gasteiger charge is 2.34. The van der Waals surface area contributed by atoms with Gasteiger partial charge < -0.3 is 9.47 Å². The van der Waals surface area contributed by atoms with Gasteiger partial charge in [-0.1, -0.05) is 11.6 Å². The molecule has 0 saturated heterocycles. The van der Waals surface area contributed by atoms with E-state index in [1.54, 1.807) is 13.0 Å². The fourth-order valence-corrected chi connectivity index (χ4v) is 3.68. The summed E-state index contributed by atoms with van der Waals surface area (Å²) in [5, 5.41) is 0.693. The minimum Gasteiger partial charge on any atom is -0.465 e. The number of carbonyl (C=O) groups is 2. The molecule has 0 amide bonds. The number of hydrogen-bond donors (Lipinski definition) is 0. The number of methoxy groups -OCH3 is 2. The van der Waals surface area contributed by atoms with Gasteiger partial charge in [-0.2, -0.15) is 13.2 Å². The average molecular weight is 455 g/mol. The molecule has 0 N–H and O–H groups in total. The highest BCUT2D eigenvalue weighted by molar-refractivity contribution is 6.31. The maximum Gasteiger partial charge on any atom is 0.433 e. The molecule has 164 valence electrons. The van der Waals surface area contributed by atoms with E-state index in [9.17, 15) is 22.8 Å². The lowest BCUT2D eigenvalue weighted by atomic mass is 9.98. The molecule has 0 atom stereocenters. The summed E-state index contributed by atoms with van der Waals surface area (Å²) in [5.74, 6) is -0.559. The number of nitrogens with zero attached hydrogens (tertiary/aromatic N) is 2. The standard InChI is InChI=1S/C21H18ClF3N2O4/c1-10-7-17(21(23,24)25)26-18-14(10)8-12(27(18)20(29)31-4)9-15-11(2)13(19(28)30-3)5-6-16(15)22/h5-8H,9H2,1-4H3. The second-order valence-electron chi connectivity index (χ2n) is 6.87. The lowest BCUT2D eigenvalue weighted by molar-refractivity contribution is -0.141. The summed E-state index contributed by atoms with van der Waals surface area (Å²) in [4.78, 5) is 28.2. The van der Waals surface area contributed by atoms with Crippen molar-refractivity contribution in [1.82, 2.24) is 9.55 Å². The Balaban J connectivity index is 2.25. The van der Waals surface area contributed by atoms with Crippen LogP contribution in [0.25, 0.3) is 11.0 Å². The van der Waals surface area contributed by atoms with E-state index in [0.29, 0.717) is 32.8 Å². The van der Waals surface area contributed by atoms with Gasteiger partial charge in [-0.05, 0) is 54.8 Å². The Morgan fingerprint density at radius 1 is 1.13 bits per heavy atom. The number of fused-ring (bicyclic) bond motifs is 1. The third kappa shape index (κ3) is 4.10. The first-order valence-corrected chi connectivity index (χ1v) is 9.41. The lowest BCUT2D eigenvalue weighted by Crippen LogP contribution is -2.17. The van der Waals surface area contributed by atoms with Crippen LogP contribution in [0.15, 0.2) is 24.3 Å². The van der Waals surface area contributed by atoms with E-state index in [1.807, 2.05) is 0 Å². The van der Waals surface area contributed by atoms with Gasteiger partial charge in [0.2, 0.25) is 0 Å². The molecule has 31 heavy (non-hydrogen) atoms. The smallest absolute Gasteiger partial charge is 0.433 e. The van der Waals surface area contributed by atoms with Gasteiger partial charge in [-0.15, -0.1) is 0 Å². The monoisotopic (exact) mass is 454 g/mol. The van der Waals surface area contributed by atoms with E-state index < -0.39 is 23.9 Å². The number of ether oxygens (including phenoxy) is 2. The zero-order valence-corrected chi connectivity index (χ0v) is 17.8. The summed E-state index contributed by atoms with van der Waals surface area (Å²) in [6.45, 7) is 3.17. The van der Waals surface area contributed by atoms with Crippen molar-refractivity contribution in [2.75, 3.05) is 14.2 Å². The number of esters is 1. The van der Waals surface area contributed by atoms with Crippen molar-refractivity contribution in [2.24, 2.45) is 0 Å². The molecule has 2 aromatic heterocycles. The van der Waals surface area contributed by atoms with Crippen LogP contribution in [0.5, 0.6) is 0 Å². The van der Waals surface area contributed by atoms with Gasteiger partial charge in [0.25, 0.3) is 0 Å². The minimum atomic E-state index is -4.68. The van der Waals surface area contributed by atoms with E-state index in [1.165, 1.54) is 26.2 Å². The predicted octanol–water partition coefficient (Wildman–Crippen LogP) is 5.32. The van der Waals surface area contributed by atoms with Crippen LogP contribution in [0.3, 0.4) is 0 Å². The van der Waals surface area contributed by atoms with E-state index >= 15 is 0 Å². The molecule has 0 spiro atoms. The molecular formula is C21H18ClF3N2O4. The Morgan fingerprint density at radius 3 is 2.39 bits per heavy atom. The second-order valence-corrected chi connectivity index (χ2v) is 7.27. The van der Waals surface area contributed by atoms with Gasteiger partial charge in [0.1, 0.15) is 5.69 Å². The van der Waals surface area contributed by atoms with Crippen LogP contribution in [0.2, 0.25) is 5.02 Å². The Hall–Kier alpha value is -3.07. The SMILES string of the molecule is COC(=O)c1ccc(Cl)c(Cc2cc3c(C)cc(C(F)(F)F)nc3n2C(=O)OC)c1C. The topological polar surface area (TPSA) is 70.4 Å². The van der Waals surface area contributed by atoms with Crippen molar-refractivity contribution in [3.63, 3.8) is 0 Å². The molecule has 3 rings (SSSR count). The number of rotatable bonds is 3. The number of aryl methyl sites for hydroxylation is 1. The highest BCUT2D eigenvalue weighted by Crippen LogP contribution is 2.33. The van der Waals surface area contributed by atoms with Crippen LogP contribution >= 0.6 is 11.6 Å². The van der Waals surface area contributed by atoms with Gasteiger partial charge in [-0.3, -0.25) is 0 Å². The third-order valence-electron chi connectivity index (χ3n) is 5.01. The molecule has 3 aromatic rings. The van der Waals surface area contributed by atoms with Gasteiger partial charge in [-0.25, -0.2) is 19.1 Å². The predicted molar refractivity (Wildman–Crippen MR) is 108 cm³/mol. The normalized spacial score (nSPS) is 11.6. The summed E-state index contributed by atoms with van der Waals surface area (Å²) < 4.78 is 50.4. The molecule has 0 radical (unpaired) electrons. The first kappa shape index (κ1) is 22.6. The van der Waals surface area contributed by atoms with Crippen LogP contribution in [-0.4, -0.2) is 35.8 Å². The number of carbonyl (C=O) groups excluding carboxylic acids is 2. The molecule has 0 aliphatic rings. The van der Waals surface area contributed by atoms with E-state index in [0.717, 1.165) is 17.7 Å². The summed E-state index contributed by atoms with van der Waals surface area (Å²) >= 11 is 6.34. The molecule has 0 saturated carbocycles. The lowest BCUT2D eigenvalue weighted by Gasteiger charge is -2.14. The Kier molecular flexibility index (Phi) is 6.00. The van der Waals surface area contributed by atoms with Crippen molar-refractivity contribution in [1.29, 1.82) is 0 Å². The molecule has 6 nitrogen and oxygen atoms in total. The quantitative estimate of drug-likeness (QED) is 0.501. The fraction of sp³-hybridized carbons (Fsp3) is 0.286. The molecule has 0 unspecified atom stereocenters. The molecular weight excluding hydrogens is 437 g/mol. The zero-order chi connectivity index (χ0) is 23.1. The number of hydrogen-bond acceptors (Lipinski definition) is 5. The van der Waals surface area contributed by atoms with Crippen molar-refractivity contribution in [2.45, 2.75) is 26.4 Å². The van der Waals surface area contributed by atoms with Gasteiger partial charge in [0.05, 0.1) is 19.8 Å². The highest BCUT2D eigenvalue weighted by atomic mass is 35.5. The van der Waals surface area contributed by atoms with Crippen molar-refractivity contribution in [3.05, 3.63) is 62.9 Å². The largest absolute Gasteiger partial charge is 0.465 e. The second kappa shape index (κ2) is 8.22. The van der Waals surface area contributed by atoms with Crippen LogP contribution in [0, 0.1) is 13.8 Å². The number of aromatic nitrogens is 2. The molecule has 0 aliphatic heterocycles. The van der Waals surface area contributed by atoms with Crippen LogP contribution in [0.4, 0.5) is 18.0 Å². The summed E-state index contributed by atoms with van der Waals surface area (Å²) in [7, 11) is 2.37. The number of benzene rings is 1. The minimum absolute atomic E-state index is 0.0434. The zero-order valence-electron chi connectivity index (χ0n) is 17.1. The Morgan fingerprint density at radius 2 is 1.81 bits per heavy atom. The summed E-state index contributed by atoms with van der Waals surface area (Å²) in [5.41, 5.74) is 0.654. The maximum absolute atomic E-state index is 13.3. The number of halogens is 4. The van der Waals surface area contributed by atoms with E-state index in [2.05, 4.69) is 4.98 Å². The maximum atomic E-state index is 13.3. The van der Waals surface area contributed by atoms with Gasteiger partial charge >= 0.3 is 18.2 Å². The molecule has 2 heterocycles. The average Bonchev–Trinajstić information content (AvgIpc) is 3.08. The Labute approximate surface area is 180 Å². The molecule has 10 heteroatoms. The summed E-state index contributed by atoms with van der Waals surface area (Å²) in [6.07, 6.45) is -5.53. The van der Waals surface area contributed by atoms with Crippen molar-refractivity contribution < 1.29 is 32.2 Å². The van der Waals surface area contributed by atoms with Crippen molar-refractivity contribution in [3.8, 4) is 0 Å². The Bertz CT molecular complexity index is 1200. The molecule has 0 bridgehead atoms. The fourth-order valence-electron chi connectivity index (χ4n) is 3.41. The molecule has 0 fully saturated rings. The molecule has 1 aromatic carbocycles. The van der Waals surface area contributed by atoms with E-state index in [4.69, 9.17) is 21.1 Å². The number of alkyl halides is 3. The third-order valence-corrected chi connectivity index (χ3v) is 5.36. The molecule has 0 aliphatic carbocycles. The van der Waals surface area contributed by atoms with Crippen molar-refractivity contribution >= 4 is 34.7 Å². The summed E-state index contributed by atoms with van der Waals surface area (Å²) in [6, 6.07) is 5.52. The van der Waals surface area contributed by atoms with Crippen LogP contribution in [-0.2, 0) is 22.1 Å². The first-order chi connectivity index (χ1) is 14.5. The number of pyridine rings is 1. The van der Waals surface area contributed by atoms with Gasteiger partial charge in [0.15, 0.2) is 5.65 Å². The van der Waals surface area contributed by atoms with Crippen LogP contribution in [0.1, 0.15) is 38.4 Å².